The van der Waals surface area contributed by atoms with Gasteiger partial charge in [-0.05, 0) is 56.5 Å². The molecule has 2 heterocycles. The molecule has 0 unspecified atom stereocenters. The van der Waals surface area contributed by atoms with Crippen LogP contribution in [0, 0.1) is 0 Å². The van der Waals surface area contributed by atoms with E-state index in [1.807, 2.05) is 0 Å². The number of rotatable bonds is 8. The van der Waals surface area contributed by atoms with E-state index in [-0.39, 0.29) is 11.1 Å². The fraction of sp³-hybridized carbons (Fsp3) is 0.400. The van der Waals surface area contributed by atoms with Crippen LogP contribution in [0.2, 0.25) is 0 Å². The van der Waals surface area contributed by atoms with E-state index in [0.717, 1.165) is 31.6 Å². The number of pyridine rings is 1. The molecule has 3 N–H and O–H groups in total. The average molecular weight is 339 g/mol. The summed E-state index contributed by atoms with van der Waals surface area (Å²) >= 11 is 0. The van der Waals surface area contributed by atoms with E-state index < -0.39 is 5.97 Å². The smallest absolute Gasteiger partial charge is 0.335 e. The van der Waals surface area contributed by atoms with Gasteiger partial charge in [-0.3, -0.25) is 4.98 Å². The average Bonchev–Trinajstić information content (AvgIpc) is 3.08. The summed E-state index contributed by atoms with van der Waals surface area (Å²) in [5.41, 5.74) is 2.57. The summed E-state index contributed by atoms with van der Waals surface area (Å²) < 4.78 is 0. The van der Waals surface area contributed by atoms with Crippen molar-refractivity contribution in [1.82, 2.24) is 15.6 Å². The maximum atomic E-state index is 11.0. The van der Waals surface area contributed by atoms with E-state index in [0.29, 0.717) is 6.54 Å². The number of carboxylic acids is 1. The summed E-state index contributed by atoms with van der Waals surface area (Å²) in [7, 11) is 0. The van der Waals surface area contributed by atoms with E-state index >= 15 is 0 Å². The number of hydrogen-bond donors (Lipinski definition) is 3. The lowest BCUT2D eigenvalue weighted by atomic mass is 9.86. The molecule has 1 aromatic carbocycles. The molecule has 1 atom stereocenters. The number of carbonyl (C=O) groups is 1. The molecule has 0 amide bonds. The molecule has 1 aromatic heterocycles. The van der Waals surface area contributed by atoms with Crippen LogP contribution in [0.15, 0.2) is 48.7 Å². The van der Waals surface area contributed by atoms with Crippen molar-refractivity contribution in [3.63, 3.8) is 0 Å². The molecule has 0 radical (unpaired) electrons. The van der Waals surface area contributed by atoms with Gasteiger partial charge in [0.1, 0.15) is 0 Å². The van der Waals surface area contributed by atoms with Crippen LogP contribution in [0.3, 0.4) is 0 Å². The minimum Gasteiger partial charge on any atom is -0.478 e. The first kappa shape index (κ1) is 17.6. The third-order valence-electron chi connectivity index (χ3n) is 4.87. The van der Waals surface area contributed by atoms with Crippen LogP contribution in [-0.4, -0.2) is 34.7 Å². The highest BCUT2D eigenvalue weighted by Crippen LogP contribution is 2.27. The number of carboxylic acid groups (broad SMARTS) is 1. The molecule has 132 valence electrons. The van der Waals surface area contributed by atoms with Crippen LogP contribution in [0.25, 0.3) is 0 Å². The van der Waals surface area contributed by atoms with Crippen LogP contribution in [-0.2, 0) is 13.0 Å². The zero-order valence-corrected chi connectivity index (χ0v) is 14.4. The molecule has 1 aliphatic heterocycles. The molecule has 0 spiro atoms. The molecule has 1 saturated heterocycles. The van der Waals surface area contributed by atoms with Gasteiger partial charge < -0.3 is 15.7 Å². The van der Waals surface area contributed by atoms with Gasteiger partial charge in [-0.2, -0.15) is 0 Å². The second-order valence-electron chi connectivity index (χ2n) is 6.74. The Bertz CT molecular complexity index is 697. The molecule has 25 heavy (non-hydrogen) atoms. The van der Waals surface area contributed by atoms with Crippen molar-refractivity contribution in [2.24, 2.45) is 0 Å². The van der Waals surface area contributed by atoms with Crippen LogP contribution in [0.5, 0.6) is 0 Å². The third-order valence-corrected chi connectivity index (χ3v) is 4.87. The number of aromatic carboxylic acids is 1. The number of hydrogen-bond acceptors (Lipinski definition) is 4. The lowest BCUT2D eigenvalue weighted by molar-refractivity contribution is 0.0696. The molecular weight excluding hydrogens is 314 g/mol. The maximum Gasteiger partial charge on any atom is 0.335 e. The van der Waals surface area contributed by atoms with Gasteiger partial charge in [0, 0.05) is 18.3 Å². The summed E-state index contributed by atoms with van der Waals surface area (Å²) in [6.07, 6.45) is 6.05. The van der Waals surface area contributed by atoms with Crippen molar-refractivity contribution < 1.29 is 9.90 Å². The van der Waals surface area contributed by atoms with Gasteiger partial charge in [0.2, 0.25) is 0 Å². The zero-order chi connectivity index (χ0) is 17.5. The minimum atomic E-state index is -0.916. The summed E-state index contributed by atoms with van der Waals surface area (Å²) in [4.78, 5) is 15.3. The minimum absolute atomic E-state index is 0.157. The Morgan fingerprint density at radius 3 is 2.84 bits per heavy atom. The molecule has 2 aromatic rings. The van der Waals surface area contributed by atoms with Gasteiger partial charge in [-0.15, -0.1) is 0 Å². The van der Waals surface area contributed by atoms with Crippen LogP contribution in [0.1, 0.15) is 40.9 Å². The zero-order valence-electron chi connectivity index (χ0n) is 14.4. The fourth-order valence-electron chi connectivity index (χ4n) is 3.56. The molecule has 5 nitrogen and oxygen atoms in total. The summed E-state index contributed by atoms with van der Waals surface area (Å²) in [5, 5.41) is 16.2. The Morgan fingerprint density at radius 1 is 1.28 bits per heavy atom. The lowest BCUT2D eigenvalue weighted by Crippen LogP contribution is -2.44. The molecule has 1 aliphatic rings. The first-order valence-electron chi connectivity index (χ1n) is 8.85. The molecule has 0 bridgehead atoms. The number of aromatic nitrogens is 1. The first-order valence-corrected chi connectivity index (χ1v) is 8.85. The molecule has 5 heteroatoms. The largest absolute Gasteiger partial charge is 0.478 e. The molecular formula is C20H25N3O2. The second-order valence-corrected chi connectivity index (χ2v) is 6.74. The molecule has 3 rings (SSSR count). The Morgan fingerprint density at radius 2 is 2.12 bits per heavy atom. The molecule has 1 fully saturated rings. The van der Waals surface area contributed by atoms with E-state index in [1.165, 1.54) is 24.5 Å². The van der Waals surface area contributed by atoms with E-state index in [1.54, 1.807) is 12.3 Å². The van der Waals surface area contributed by atoms with Gasteiger partial charge in [0.15, 0.2) is 0 Å². The van der Waals surface area contributed by atoms with Gasteiger partial charge in [0.25, 0.3) is 0 Å². The van der Waals surface area contributed by atoms with E-state index in [9.17, 15) is 4.79 Å². The number of nitrogens with one attached hydrogen (secondary N) is 2. The van der Waals surface area contributed by atoms with Gasteiger partial charge in [-0.25, -0.2) is 4.79 Å². The van der Waals surface area contributed by atoms with Crippen molar-refractivity contribution in [2.45, 2.75) is 37.8 Å². The topological polar surface area (TPSA) is 74.2 Å². The molecule has 0 aliphatic carbocycles. The third kappa shape index (κ3) is 4.87. The highest BCUT2D eigenvalue weighted by Gasteiger charge is 2.32. The highest BCUT2D eigenvalue weighted by molar-refractivity contribution is 5.87. The van der Waals surface area contributed by atoms with Crippen molar-refractivity contribution in [1.29, 1.82) is 0 Å². The highest BCUT2D eigenvalue weighted by atomic mass is 16.4. The van der Waals surface area contributed by atoms with E-state index in [4.69, 9.17) is 5.11 Å². The maximum absolute atomic E-state index is 11.0. The summed E-state index contributed by atoms with van der Waals surface area (Å²) in [6, 6.07) is 13.8. The Kier molecular flexibility index (Phi) is 5.79. The first-order chi connectivity index (χ1) is 12.2. The lowest BCUT2D eigenvalue weighted by Gasteiger charge is -2.30. The van der Waals surface area contributed by atoms with Gasteiger partial charge in [-0.1, -0.05) is 30.3 Å². The quantitative estimate of drug-likeness (QED) is 0.645. The monoisotopic (exact) mass is 339 g/mol. The fourth-order valence-corrected chi connectivity index (χ4v) is 3.56. The van der Waals surface area contributed by atoms with Gasteiger partial charge in [0.05, 0.1) is 11.3 Å². The van der Waals surface area contributed by atoms with Crippen LogP contribution in [0.4, 0.5) is 0 Å². The Balaban J connectivity index is 1.52. The Labute approximate surface area is 148 Å². The van der Waals surface area contributed by atoms with E-state index in [2.05, 4.69) is 45.9 Å². The SMILES string of the molecule is O=C(O)c1ccnc(CNCC[C@@]2(Cc3ccccc3)CCCN2)c1. The second kappa shape index (κ2) is 8.23. The van der Waals surface area contributed by atoms with Crippen LogP contribution >= 0.6 is 0 Å². The normalized spacial score (nSPS) is 19.8. The van der Waals surface area contributed by atoms with Crippen molar-refractivity contribution in [3.05, 3.63) is 65.5 Å². The number of benzene rings is 1. The standard InChI is InChI=1S/C20H25N3O2/c24-19(25)17-7-11-22-18(13-17)15-21-12-9-20(8-4-10-23-20)14-16-5-2-1-3-6-16/h1-3,5-7,11,13,21,23H,4,8-10,12,14-15H2,(H,24,25)/t20-/m1/s1. The van der Waals surface area contributed by atoms with Crippen molar-refractivity contribution in [3.8, 4) is 0 Å². The number of nitrogens with zero attached hydrogens (tertiary/aromatic N) is 1. The summed E-state index contributed by atoms with van der Waals surface area (Å²) in [5.74, 6) is -0.916. The predicted octanol–water partition coefficient (Wildman–Crippen LogP) is 2.62. The van der Waals surface area contributed by atoms with Crippen LogP contribution < -0.4 is 10.6 Å². The predicted molar refractivity (Wildman–Crippen MR) is 97.6 cm³/mol. The van der Waals surface area contributed by atoms with Crippen molar-refractivity contribution in [2.75, 3.05) is 13.1 Å². The Hall–Kier alpha value is -2.24. The van der Waals surface area contributed by atoms with Gasteiger partial charge >= 0.3 is 5.97 Å². The summed E-state index contributed by atoms with van der Waals surface area (Å²) in [6.45, 7) is 2.54. The molecule has 0 saturated carbocycles. The van der Waals surface area contributed by atoms with Crippen molar-refractivity contribution >= 4 is 5.97 Å².